The minimum absolute atomic E-state index is 0. The lowest BCUT2D eigenvalue weighted by molar-refractivity contribution is -0.144. The number of esters is 2. The summed E-state index contributed by atoms with van der Waals surface area (Å²) in [6.07, 6.45) is 0.0385. The van der Waals surface area contributed by atoms with Crippen LogP contribution in [-0.2, 0) is 19.1 Å². The van der Waals surface area contributed by atoms with Gasteiger partial charge < -0.3 is 15.2 Å². The van der Waals surface area contributed by atoms with E-state index in [1.54, 1.807) is 0 Å². The third-order valence-corrected chi connectivity index (χ3v) is 2.75. The summed E-state index contributed by atoms with van der Waals surface area (Å²) in [5.74, 6) is -1.41. The van der Waals surface area contributed by atoms with Crippen LogP contribution >= 0.6 is 12.4 Å². The van der Waals surface area contributed by atoms with Gasteiger partial charge in [-0.3, -0.25) is 9.59 Å². The van der Waals surface area contributed by atoms with Crippen LogP contribution in [0.3, 0.4) is 0 Å². The van der Waals surface area contributed by atoms with Crippen molar-refractivity contribution in [2.45, 2.75) is 18.4 Å². The van der Waals surface area contributed by atoms with Gasteiger partial charge in [-0.15, -0.1) is 12.4 Å². The van der Waals surface area contributed by atoms with E-state index in [0.29, 0.717) is 0 Å². The van der Waals surface area contributed by atoms with Crippen molar-refractivity contribution in [3.05, 3.63) is 35.9 Å². The number of halogens is 1. The fourth-order valence-electron chi connectivity index (χ4n) is 1.72. The molecule has 19 heavy (non-hydrogen) atoms. The maximum Gasteiger partial charge on any atom is 0.323 e. The van der Waals surface area contributed by atoms with Crippen LogP contribution in [-0.4, -0.2) is 32.2 Å². The Bertz CT molecular complexity index is 410. The second-order valence-corrected chi connectivity index (χ2v) is 3.85. The molecule has 1 unspecified atom stereocenters. The summed E-state index contributed by atoms with van der Waals surface area (Å²) in [4.78, 5) is 22.9. The summed E-state index contributed by atoms with van der Waals surface area (Å²) in [6.45, 7) is 0. The Morgan fingerprint density at radius 2 is 1.74 bits per heavy atom. The molecule has 0 aliphatic rings. The lowest BCUT2D eigenvalue weighted by atomic mass is 9.89. The van der Waals surface area contributed by atoms with Crippen molar-refractivity contribution in [3.8, 4) is 0 Å². The molecule has 2 N–H and O–H groups in total. The maximum atomic E-state index is 11.5. The van der Waals surface area contributed by atoms with Crippen LogP contribution in [0.1, 0.15) is 17.9 Å². The molecule has 0 amide bonds. The third-order valence-electron chi connectivity index (χ3n) is 2.75. The highest BCUT2D eigenvalue weighted by molar-refractivity contribution is 5.85. The number of carbonyl (C=O) groups is 2. The minimum Gasteiger partial charge on any atom is -0.469 e. The Morgan fingerprint density at radius 3 is 2.21 bits per heavy atom. The molecule has 0 spiro atoms. The van der Waals surface area contributed by atoms with Gasteiger partial charge >= 0.3 is 11.9 Å². The molecule has 1 aromatic carbocycles. The zero-order valence-corrected chi connectivity index (χ0v) is 11.7. The summed E-state index contributed by atoms with van der Waals surface area (Å²) >= 11 is 0. The molecule has 1 aromatic rings. The van der Waals surface area contributed by atoms with Crippen LogP contribution in [0.25, 0.3) is 0 Å². The summed E-state index contributed by atoms with van der Waals surface area (Å²) in [5.41, 5.74) is 6.63. The van der Waals surface area contributed by atoms with Gasteiger partial charge in [0.1, 0.15) is 6.04 Å². The average Bonchev–Trinajstić information content (AvgIpc) is 2.43. The van der Waals surface area contributed by atoms with Gasteiger partial charge in [0.05, 0.1) is 20.6 Å². The number of carbonyl (C=O) groups excluding carboxylic acids is 2. The smallest absolute Gasteiger partial charge is 0.323 e. The second-order valence-electron chi connectivity index (χ2n) is 3.85. The number of nitrogens with two attached hydrogens (primary N) is 1. The molecule has 6 heteroatoms. The molecule has 5 nitrogen and oxygen atoms in total. The van der Waals surface area contributed by atoms with Crippen molar-refractivity contribution >= 4 is 24.3 Å². The van der Waals surface area contributed by atoms with Crippen molar-refractivity contribution in [2.24, 2.45) is 5.73 Å². The van der Waals surface area contributed by atoms with Crippen LogP contribution in [0.4, 0.5) is 0 Å². The van der Waals surface area contributed by atoms with E-state index in [2.05, 4.69) is 9.47 Å². The van der Waals surface area contributed by atoms with Crippen LogP contribution in [0.2, 0.25) is 0 Å². The Morgan fingerprint density at radius 1 is 1.16 bits per heavy atom. The van der Waals surface area contributed by atoms with E-state index in [0.717, 1.165) is 5.56 Å². The van der Waals surface area contributed by atoms with Crippen LogP contribution in [0.15, 0.2) is 30.3 Å². The van der Waals surface area contributed by atoms with Gasteiger partial charge in [0.2, 0.25) is 0 Å². The topological polar surface area (TPSA) is 78.6 Å². The van der Waals surface area contributed by atoms with Gasteiger partial charge in [0.25, 0.3) is 0 Å². The molecule has 0 heterocycles. The summed E-state index contributed by atoms with van der Waals surface area (Å²) < 4.78 is 9.23. The molecule has 0 aliphatic heterocycles. The van der Waals surface area contributed by atoms with E-state index in [1.165, 1.54) is 14.2 Å². The number of hydrogen-bond donors (Lipinski definition) is 1. The molecular weight excluding hydrogens is 270 g/mol. The largest absolute Gasteiger partial charge is 0.469 e. The van der Waals surface area contributed by atoms with Gasteiger partial charge in [0, 0.05) is 5.92 Å². The van der Waals surface area contributed by atoms with Gasteiger partial charge in [-0.05, 0) is 5.56 Å². The Kier molecular flexibility index (Phi) is 7.79. The first-order valence-corrected chi connectivity index (χ1v) is 5.55. The highest BCUT2D eigenvalue weighted by Crippen LogP contribution is 2.23. The quantitative estimate of drug-likeness (QED) is 0.825. The van der Waals surface area contributed by atoms with E-state index in [4.69, 9.17) is 5.73 Å². The zero-order valence-electron chi connectivity index (χ0n) is 10.9. The number of benzene rings is 1. The molecule has 0 aromatic heterocycles. The maximum absolute atomic E-state index is 11.5. The predicted octanol–water partition coefficient (Wildman–Crippen LogP) is 1.26. The highest BCUT2D eigenvalue weighted by Gasteiger charge is 2.29. The van der Waals surface area contributed by atoms with Crippen LogP contribution in [0.5, 0.6) is 0 Å². The SMILES string of the molecule is COC(=O)CC(c1ccccc1)[C@H](N)C(=O)OC.Cl. The van der Waals surface area contributed by atoms with Crippen molar-refractivity contribution < 1.29 is 19.1 Å². The van der Waals surface area contributed by atoms with E-state index in [-0.39, 0.29) is 18.8 Å². The number of rotatable bonds is 5. The number of hydrogen-bond acceptors (Lipinski definition) is 5. The standard InChI is InChI=1S/C13H17NO4.ClH/c1-17-11(15)8-10(12(14)13(16)18-2)9-6-4-3-5-7-9;/h3-7,10,12H,8,14H2,1-2H3;1H/t10?,12-;/m0./s1. The van der Waals surface area contributed by atoms with E-state index in [9.17, 15) is 9.59 Å². The first kappa shape index (κ1) is 17.4. The molecular formula is C13H18ClNO4. The lowest BCUT2D eigenvalue weighted by Gasteiger charge is -2.21. The first-order valence-electron chi connectivity index (χ1n) is 5.55. The summed E-state index contributed by atoms with van der Waals surface area (Å²) in [7, 11) is 2.57. The molecule has 0 saturated carbocycles. The molecule has 1 rings (SSSR count). The first-order chi connectivity index (χ1) is 8.60. The molecule has 106 valence electrons. The molecule has 0 bridgehead atoms. The predicted molar refractivity (Wildman–Crippen MR) is 73.1 cm³/mol. The summed E-state index contributed by atoms with van der Waals surface area (Å²) in [6, 6.07) is 8.24. The van der Waals surface area contributed by atoms with Gasteiger partial charge in [0.15, 0.2) is 0 Å². The normalized spacial score (nSPS) is 12.8. The Labute approximate surface area is 118 Å². The molecule has 0 fully saturated rings. The van der Waals surface area contributed by atoms with Crippen molar-refractivity contribution in [1.29, 1.82) is 0 Å². The average molecular weight is 288 g/mol. The van der Waals surface area contributed by atoms with Crippen LogP contribution < -0.4 is 5.73 Å². The van der Waals surface area contributed by atoms with Crippen LogP contribution in [0, 0.1) is 0 Å². The van der Waals surface area contributed by atoms with Crippen molar-refractivity contribution in [2.75, 3.05) is 14.2 Å². The van der Waals surface area contributed by atoms with Crippen molar-refractivity contribution in [1.82, 2.24) is 0 Å². The zero-order chi connectivity index (χ0) is 13.5. The van der Waals surface area contributed by atoms with Crippen molar-refractivity contribution in [3.63, 3.8) is 0 Å². The minimum atomic E-state index is -0.892. The fraction of sp³-hybridized carbons (Fsp3) is 0.385. The number of ether oxygens (including phenoxy) is 2. The molecule has 2 atom stereocenters. The lowest BCUT2D eigenvalue weighted by Crippen LogP contribution is -2.38. The molecule has 0 saturated heterocycles. The van der Waals surface area contributed by atoms with E-state index >= 15 is 0 Å². The van der Waals surface area contributed by atoms with Gasteiger partial charge in [-0.1, -0.05) is 30.3 Å². The highest BCUT2D eigenvalue weighted by atomic mass is 35.5. The second kappa shape index (κ2) is 8.50. The van der Waals surface area contributed by atoms with E-state index < -0.39 is 23.9 Å². The fourth-order valence-corrected chi connectivity index (χ4v) is 1.72. The monoisotopic (exact) mass is 287 g/mol. The van der Waals surface area contributed by atoms with Gasteiger partial charge in [-0.25, -0.2) is 0 Å². The molecule has 0 aliphatic carbocycles. The van der Waals surface area contributed by atoms with Gasteiger partial charge in [-0.2, -0.15) is 0 Å². The Balaban J connectivity index is 0.00000324. The number of methoxy groups -OCH3 is 2. The summed E-state index contributed by atoms with van der Waals surface area (Å²) in [5, 5.41) is 0. The van der Waals surface area contributed by atoms with E-state index in [1.807, 2.05) is 30.3 Å². The Hall–Kier alpha value is -1.59. The third kappa shape index (κ3) is 4.89. The molecule has 0 radical (unpaired) electrons.